The molecule has 0 spiro atoms. The molecule has 14 heavy (non-hydrogen) atoms. The lowest BCUT2D eigenvalue weighted by Gasteiger charge is -2.34. The molecule has 0 aromatic rings. The second-order valence-corrected chi connectivity index (χ2v) is 5.66. The smallest absolute Gasteiger partial charge is 0.0768 e. The van der Waals surface area contributed by atoms with Crippen molar-refractivity contribution in [3.63, 3.8) is 0 Å². The fourth-order valence-corrected chi connectivity index (χ4v) is 1.84. The maximum absolute atomic E-state index is 10.2. The van der Waals surface area contributed by atoms with Crippen LogP contribution in [0.3, 0.4) is 0 Å². The highest BCUT2D eigenvalue weighted by Gasteiger charge is 2.25. The molecule has 0 atom stereocenters. The summed E-state index contributed by atoms with van der Waals surface area (Å²) < 4.78 is 0. The lowest BCUT2D eigenvalue weighted by molar-refractivity contribution is -0.00313. The first-order chi connectivity index (χ1) is 6.22. The van der Waals surface area contributed by atoms with Crippen LogP contribution in [0.25, 0.3) is 0 Å². The lowest BCUT2D eigenvalue weighted by atomic mass is 9.93. The molecule has 0 unspecified atom stereocenters. The Morgan fingerprint density at radius 3 is 1.71 bits per heavy atom. The molecule has 0 fully saturated rings. The maximum Gasteiger partial charge on any atom is 0.0768 e. The van der Waals surface area contributed by atoms with E-state index in [-0.39, 0.29) is 0 Å². The Bertz CT molecular complexity index is 156. The number of hydrogen-bond acceptors (Lipinski definition) is 2. The van der Waals surface area contributed by atoms with E-state index in [1.165, 1.54) is 0 Å². The highest BCUT2D eigenvalue weighted by atomic mass is 16.3. The molecular formula is C12H27NO. The summed E-state index contributed by atoms with van der Waals surface area (Å²) in [6.07, 6.45) is 1.66. The van der Waals surface area contributed by atoms with Crippen LogP contribution in [0.15, 0.2) is 0 Å². The van der Waals surface area contributed by atoms with Gasteiger partial charge >= 0.3 is 0 Å². The van der Waals surface area contributed by atoms with E-state index in [2.05, 4.69) is 46.6 Å². The normalized spacial score (nSPS) is 13.7. The van der Waals surface area contributed by atoms with Gasteiger partial charge in [0, 0.05) is 13.1 Å². The molecule has 0 aromatic heterocycles. The summed E-state index contributed by atoms with van der Waals surface area (Å²) >= 11 is 0. The molecule has 0 saturated heterocycles. The van der Waals surface area contributed by atoms with E-state index >= 15 is 0 Å². The van der Waals surface area contributed by atoms with E-state index in [1.807, 2.05) is 0 Å². The minimum atomic E-state index is -0.500. The van der Waals surface area contributed by atoms with E-state index in [1.54, 1.807) is 0 Å². The Labute approximate surface area is 89.3 Å². The van der Waals surface area contributed by atoms with Crippen LogP contribution in [-0.2, 0) is 0 Å². The Hall–Kier alpha value is -0.0800. The Kier molecular flexibility index (Phi) is 5.10. The first-order valence-electron chi connectivity index (χ1n) is 5.63. The van der Waals surface area contributed by atoms with Crippen molar-refractivity contribution in [1.82, 2.24) is 4.90 Å². The molecule has 2 nitrogen and oxygen atoms in total. The van der Waals surface area contributed by atoms with Gasteiger partial charge < -0.3 is 10.0 Å². The minimum Gasteiger partial charge on any atom is -0.389 e. The molecule has 0 amide bonds. The number of aliphatic hydroxyl groups is 1. The van der Waals surface area contributed by atoms with Crippen molar-refractivity contribution in [2.45, 2.75) is 53.1 Å². The topological polar surface area (TPSA) is 23.5 Å². The highest BCUT2D eigenvalue weighted by Crippen LogP contribution is 2.19. The second-order valence-electron chi connectivity index (χ2n) is 5.66. The van der Waals surface area contributed by atoms with Gasteiger partial charge in [-0.05, 0) is 25.3 Å². The third kappa shape index (κ3) is 5.61. The molecule has 0 aliphatic rings. The number of likely N-dealkylation sites (N-methyl/N-ethyl adjacent to an activating group) is 1. The molecular weight excluding hydrogens is 174 g/mol. The van der Waals surface area contributed by atoms with E-state index in [0.717, 1.165) is 25.9 Å². The van der Waals surface area contributed by atoms with E-state index in [4.69, 9.17) is 0 Å². The molecule has 0 radical (unpaired) electrons. The van der Waals surface area contributed by atoms with Gasteiger partial charge in [-0.2, -0.15) is 0 Å². The Morgan fingerprint density at radius 2 is 1.43 bits per heavy atom. The summed E-state index contributed by atoms with van der Waals surface area (Å²) in [5.74, 6) is 0. The van der Waals surface area contributed by atoms with E-state index < -0.39 is 5.60 Å². The highest BCUT2D eigenvalue weighted by molar-refractivity contribution is 4.80. The lowest BCUT2D eigenvalue weighted by Crippen LogP contribution is -2.43. The average Bonchev–Trinajstić information content (AvgIpc) is 2.00. The van der Waals surface area contributed by atoms with Gasteiger partial charge in [0.25, 0.3) is 0 Å². The van der Waals surface area contributed by atoms with E-state index in [0.29, 0.717) is 5.41 Å². The molecule has 0 aliphatic carbocycles. The molecule has 0 rings (SSSR count). The Balaban J connectivity index is 4.10. The largest absolute Gasteiger partial charge is 0.389 e. The summed E-state index contributed by atoms with van der Waals surface area (Å²) in [4.78, 5) is 2.23. The molecule has 0 heterocycles. The molecule has 1 N–H and O–H groups in total. The van der Waals surface area contributed by atoms with Crippen LogP contribution >= 0.6 is 0 Å². The summed E-state index contributed by atoms with van der Waals surface area (Å²) in [5.41, 5.74) is -0.197. The van der Waals surface area contributed by atoms with Crippen molar-refractivity contribution >= 4 is 0 Å². The van der Waals surface area contributed by atoms with Crippen molar-refractivity contribution in [2.24, 2.45) is 5.41 Å². The van der Waals surface area contributed by atoms with Crippen molar-refractivity contribution in [1.29, 1.82) is 0 Å². The van der Waals surface area contributed by atoms with Crippen molar-refractivity contribution in [3.05, 3.63) is 0 Å². The van der Waals surface area contributed by atoms with Crippen LogP contribution in [0.4, 0.5) is 0 Å². The zero-order chi connectivity index (χ0) is 11.4. The first kappa shape index (κ1) is 13.9. The minimum absolute atomic E-state index is 0.303. The maximum atomic E-state index is 10.2. The standard InChI is InChI=1S/C12H27NO/c1-7-12(14,8-2)10-13(6)9-11(3,4)5/h14H,7-10H2,1-6H3. The van der Waals surface area contributed by atoms with Crippen LogP contribution < -0.4 is 0 Å². The number of rotatable bonds is 5. The van der Waals surface area contributed by atoms with Gasteiger partial charge in [-0.3, -0.25) is 0 Å². The van der Waals surface area contributed by atoms with Crippen molar-refractivity contribution < 1.29 is 5.11 Å². The zero-order valence-corrected chi connectivity index (χ0v) is 10.7. The summed E-state index contributed by atoms with van der Waals surface area (Å²) in [6.45, 7) is 12.6. The molecule has 0 aliphatic heterocycles. The fourth-order valence-electron chi connectivity index (χ4n) is 1.84. The molecule has 0 aromatic carbocycles. The van der Waals surface area contributed by atoms with Gasteiger partial charge in [0.15, 0.2) is 0 Å². The summed E-state index contributed by atoms with van der Waals surface area (Å²) in [5, 5.41) is 10.2. The molecule has 0 saturated carbocycles. The number of nitrogens with zero attached hydrogens (tertiary/aromatic N) is 1. The fraction of sp³-hybridized carbons (Fsp3) is 1.00. The van der Waals surface area contributed by atoms with Crippen LogP contribution in [0, 0.1) is 5.41 Å². The third-order valence-electron chi connectivity index (χ3n) is 2.62. The summed E-state index contributed by atoms with van der Waals surface area (Å²) in [7, 11) is 2.08. The first-order valence-corrected chi connectivity index (χ1v) is 5.63. The van der Waals surface area contributed by atoms with Crippen LogP contribution in [0.2, 0.25) is 0 Å². The molecule has 0 bridgehead atoms. The van der Waals surface area contributed by atoms with Gasteiger partial charge in [0.2, 0.25) is 0 Å². The van der Waals surface area contributed by atoms with E-state index in [9.17, 15) is 5.11 Å². The monoisotopic (exact) mass is 201 g/mol. The average molecular weight is 201 g/mol. The SMILES string of the molecule is CCC(O)(CC)CN(C)CC(C)(C)C. The van der Waals surface area contributed by atoms with Crippen molar-refractivity contribution in [3.8, 4) is 0 Å². The molecule has 2 heteroatoms. The van der Waals surface area contributed by atoms with Crippen LogP contribution in [0.5, 0.6) is 0 Å². The van der Waals surface area contributed by atoms with Crippen LogP contribution in [0.1, 0.15) is 47.5 Å². The zero-order valence-electron chi connectivity index (χ0n) is 10.7. The van der Waals surface area contributed by atoms with Gasteiger partial charge in [0.1, 0.15) is 0 Å². The Morgan fingerprint density at radius 1 is 1.00 bits per heavy atom. The van der Waals surface area contributed by atoms with Crippen LogP contribution in [-0.4, -0.2) is 35.7 Å². The summed E-state index contributed by atoms with van der Waals surface area (Å²) in [6, 6.07) is 0. The number of hydrogen-bond donors (Lipinski definition) is 1. The molecule has 86 valence electrons. The third-order valence-corrected chi connectivity index (χ3v) is 2.62. The predicted molar refractivity (Wildman–Crippen MR) is 62.5 cm³/mol. The second kappa shape index (κ2) is 5.13. The predicted octanol–water partition coefficient (Wildman–Crippen LogP) is 2.52. The quantitative estimate of drug-likeness (QED) is 0.739. The van der Waals surface area contributed by atoms with Crippen molar-refractivity contribution in [2.75, 3.05) is 20.1 Å². The van der Waals surface area contributed by atoms with Gasteiger partial charge in [-0.15, -0.1) is 0 Å². The van der Waals surface area contributed by atoms with Gasteiger partial charge in [-0.25, -0.2) is 0 Å². The van der Waals surface area contributed by atoms with Gasteiger partial charge in [0.05, 0.1) is 5.60 Å². The van der Waals surface area contributed by atoms with Gasteiger partial charge in [-0.1, -0.05) is 34.6 Å².